The number of unbranched alkanes of at least 4 members (excludes halogenated alkanes) is 27. The number of halogens is 3. The zero-order chi connectivity index (χ0) is 24.8. The average molecular weight is 556 g/mol. The Labute approximate surface area is 232 Å². The molecule has 0 aromatic heterocycles. The van der Waals surface area contributed by atoms with Crippen molar-refractivity contribution in [3.8, 4) is 0 Å². The molecule has 0 nitrogen and oxygen atoms in total. The van der Waals surface area contributed by atoms with E-state index in [2.05, 4.69) is 0 Å². The van der Waals surface area contributed by atoms with Gasteiger partial charge in [0, 0.05) is 5.88 Å². The molecule has 34 heavy (non-hydrogen) atoms. The molecule has 0 aromatic rings. The molecule has 206 valence electrons. The van der Waals surface area contributed by atoms with Crippen LogP contribution in [0, 0.1) is 0 Å². The maximum absolute atomic E-state index is 5.90. The molecule has 0 aromatic carbocycles. The van der Waals surface area contributed by atoms with Gasteiger partial charge in [-0.2, -0.15) is 22.2 Å². The molecule has 4 heteroatoms. The van der Waals surface area contributed by atoms with E-state index in [-0.39, 0.29) is 0 Å². The molecule has 0 aliphatic carbocycles. The number of hydrogen-bond donors (Lipinski definition) is 0. The van der Waals surface area contributed by atoms with Gasteiger partial charge in [0.1, 0.15) is 0 Å². The third-order valence-electron chi connectivity index (χ3n) is 7.31. The summed E-state index contributed by atoms with van der Waals surface area (Å²) in [7, 11) is -1.34. The van der Waals surface area contributed by atoms with E-state index in [1.807, 2.05) is 0 Å². The molecule has 0 unspecified atom stereocenters. The summed E-state index contributed by atoms with van der Waals surface area (Å²) in [4.78, 5) is 0. The Hall–Kier alpha value is 1.09. The Morgan fingerprint density at radius 2 is 0.441 bits per heavy atom. The predicted octanol–water partition coefficient (Wildman–Crippen LogP) is 12.8. The van der Waals surface area contributed by atoms with E-state index in [9.17, 15) is 0 Å². The Bertz CT molecular complexity index is 352. The monoisotopic (exact) mass is 554 g/mol. The minimum absolute atomic E-state index is 0.843. The van der Waals surface area contributed by atoms with Crippen molar-refractivity contribution >= 4 is 41.2 Å². The van der Waals surface area contributed by atoms with Crippen LogP contribution < -0.4 is 0 Å². The lowest BCUT2D eigenvalue weighted by Crippen LogP contribution is -1.91. The Balaban J connectivity index is 3.00. The van der Waals surface area contributed by atoms with Gasteiger partial charge in [-0.1, -0.05) is 173 Å². The Morgan fingerprint density at radius 1 is 0.265 bits per heavy atom. The number of alkyl halides is 1. The maximum Gasteiger partial charge on any atom is 0.237 e. The van der Waals surface area contributed by atoms with Gasteiger partial charge in [-0.25, -0.2) is 0 Å². The number of rotatable bonds is 30. The summed E-state index contributed by atoms with van der Waals surface area (Å²) in [6.07, 6.45) is 40.0. The van der Waals surface area contributed by atoms with Gasteiger partial charge in [0.05, 0.1) is 0 Å². The number of hydrogen-bond acceptors (Lipinski definition) is 0. The summed E-state index contributed by atoms with van der Waals surface area (Å²) in [5.74, 6) is 0.843. The van der Waals surface area contributed by atoms with Crippen LogP contribution in [-0.2, 0) is 0 Å². The molecule has 0 spiro atoms. The second-order valence-electron chi connectivity index (χ2n) is 10.8. The summed E-state index contributed by atoms with van der Waals surface area (Å²) in [5.41, 5.74) is 0. The molecule has 0 N–H and O–H groups in total. The van der Waals surface area contributed by atoms with Crippen LogP contribution in [-0.4, -0.2) is 13.3 Å². The normalized spacial score (nSPS) is 11.6. The maximum atomic E-state index is 5.90. The molecule has 0 atom stereocenters. The van der Waals surface area contributed by atoms with E-state index in [1.165, 1.54) is 180 Å². The minimum Gasteiger partial charge on any atom is -0.150 e. The van der Waals surface area contributed by atoms with Gasteiger partial charge in [-0.3, -0.25) is 0 Å². The van der Waals surface area contributed by atoms with Crippen LogP contribution in [0.5, 0.6) is 0 Å². The van der Waals surface area contributed by atoms with Crippen molar-refractivity contribution in [2.24, 2.45) is 0 Å². The van der Waals surface area contributed by atoms with Gasteiger partial charge in [-0.15, -0.1) is 11.6 Å². The standard InChI is InChI=1S/C30H61Cl3Si/c31-29-27-25-23-21-19-17-15-13-11-9-7-5-3-1-2-4-6-8-10-12-14-16-18-20-22-24-26-28-30-34(32)33/h34H,1-30H2. The largest absolute Gasteiger partial charge is 0.237 e. The first-order valence-electron chi connectivity index (χ1n) is 15.6. The van der Waals surface area contributed by atoms with Crippen molar-refractivity contribution < 1.29 is 0 Å². The van der Waals surface area contributed by atoms with Gasteiger partial charge in [0.25, 0.3) is 0 Å². The van der Waals surface area contributed by atoms with Gasteiger partial charge in [0.2, 0.25) is 7.42 Å². The van der Waals surface area contributed by atoms with Gasteiger partial charge in [0.15, 0.2) is 0 Å². The molecule has 0 amide bonds. The molecule has 0 heterocycles. The highest BCUT2D eigenvalue weighted by Crippen LogP contribution is 2.17. The van der Waals surface area contributed by atoms with Gasteiger partial charge >= 0.3 is 0 Å². The molecule has 0 fully saturated rings. The first-order valence-corrected chi connectivity index (χ1v) is 20.5. The van der Waals surface area contributed by atoms with Crippen molar-refractivity contribution in [2.75, 3.05) is 5.88 Å². The zero-order valence-corrected chi connectivity index (χ0v) is 26.3. The van der Waals surface area contributed by atoms with Crippen LogP contribution >= 0.6 is 33.8 Å². The second kappa shape index (κ2) is 32.1. The van der Waals surface area contributed by atoms with E-state index < -0.39 is 7.42 Å². The molecule has 0 saturated heterocycles. The lowest BCUT2D eigenvalue weighted by molar-refractivity contribution is 0.514. The molecule has 0 aliphatic heterocycles. The molecule has 0 radical (unpaired) electrons. The molecule has 0 bridgehead atoms. The third-order valence-corrected chi connectivity index (χ3v) is 9.73. The molecule has 0 saturated carbocycles. The molecule has 0 aliphatic rings. The van der Waals surface area contributed by atoms with Gasteiger partial charge in [-0.05, 0) is 12.5 Å². The van der Waals surface area contributed by atoms with Crippen LogP contribution in [0.25, 0.3) is 0 Å². The van der Waals surface area contributed by atoms with Crippen LogP contribution in [0.4, 0.5) is 0 Å². The highest BCUT2D eigenvalue weighted by molar-refractivity contribution is 7.33. The SMILES string of the molecule is ClCCCCCCCCCCCCCCCCCCCCCCCCCCCCCC[SiH](Cl)Cl. The van der Waals surface area contributed by atoms with E-state index in [0.717, 1.165) is 11.9 Å². The first kappa shape index (κ1) is 35.1. The molecule has 0 rings (SSSR count). The van der Waals surface area contributed by atoms with Crippen LogP contribution in [0.1, 0.15) is 180 Å². The summed E-state index contributed by atoms with van der Waals surface area (Å²) in [6, 6.07) is 1.10. The van der Waals surface area contributed by atoms with Crippen LogP contribution in [0.3, 0.4) is 0 Å². The topological polar surface area (TPSA) is 0 Å². The van der Waals surface area contributed by atoms with E-state index >= 15 is 0 Å². The third kappa shape index (κ3) is 33.1. The smallest absolute Gasteiger partial charge is 0.150 e. The van der Waals surface area contributed by atoms with E-state index in [0.29, 0.717) is 0 Å². The quantitative estimate of drug-likeness (QED) is 0.0357. The van der Waals surface area contributed by atoms with E-state index in [1.54, 1.807) is 0 Å². The van der Waals surface area contributed by atoms with Crippen LogP contribution in [0.15, 0.2) is 0 Å². The van der Waals surface area contributed by atoms with Crippen molar-refractivity contribution in [1.82, 2.24) is 0 Å². The second-order valence-corrected chi connectivity index (χ2v) is 16.3. The van der Waals surface area contributed by atoms with Crippen LogP contribution in [0.2, 0.25) is 6.04 Å². The lowest BCUT2D eigenvalue weighted by Gasteiger charge is -2.04. The molecular weight excluding hydrogens is 495 g/mol. The average Bonchev–Trinajstić information content (AvgIpc) is 2.83. The van der Waals surface area contributed by atoms with E-state index in [4.69, 9.17) is 33.8 Å². The summed E-state index contributed by atoms with van der Waals surface area (Å²) < 4.78 is 0. The van der Waals surface area contributed by atoms with Crippen molar-refractivity contribution in [3.05, 3.63) is 0 Å². The van der Waals surface area contributed by atoms with Gasteiger partial charge < -0.3 is 0 Å². The zero-order valence-electron chi connectivity index (χ0n) is 22.9. The fourth-order valence-electron chi connectivity index (χ4n) is 4.99. The molecular formula is C30H61Cl3Si. The summed E-state index contributed by atoms with van der Waals surface area (Å²) in [5, 5.41) is 0. The lowest BCUT2D eigenvalue weighted by atomic mass is 10.0. The summed E-state index contributed by atoms with van der Waals surface area (Å²) >= 11 is 17.5. The van der Waals surface area contributed by atoms with Crippen molar-refractivity contribution in [2.45, 2.75) is 186 Å². The fourth-order valence-corrected chi connectivity index (χ4v) is 6.70. The fraction of sp³-hybridized carbons (Fsp3) is 1.00. The highest BCUT2D eigenvalue weighted by Gasteiger charge is 2.00. The van der Waals surface area contributed by atoms with Crippen molar-refractivity contribution in [3.63, 3.8) is 0 Å². The minimum atomic E-state index is -1.34. The first-order chi connectivity index (χ1) is 16.8. The Kier molecular flexibility index (Phi) is 33.1. The summed E-state index contributed by atoms with van der Waals surface area (Å²) in [6.45, 7) is 0. The van der Waals surface area contributed by atoms with Crippen molar-refractivity contribution in [1.29, 1.82) is 0 Å². The Morgan fingerprint density at radius 3 is 0.618 bits per heavy atom. The predicted molar refractivity (Wildman–Crippen MR) is 164 cm³/mol. The highest BCUT2D eigenvalue weighted by atomic mass is 35.7.